The fraction of sp³-hybridized carbons (Fsp3) is 0.625. The first kappa shape index (κ1) is 15.6. The Bertz CT molecular complexity index is 146. The zero-order valence-corrected chi connectivity index (χ0v) is 11.4. The molecule has 2 nitrogen and oxygen atoms in total. The first-order valence-corrected chi connectivity index (χ1v) is 4.07. The van der Waals surface area contributed by atoms with Crippen LogP contribution in [0.3, 0.4) is 0 Å². The minimum atomic E-state index is -0.989. The van der Waals surface area contributed by atoms with Crippen LogP contribution in [0.5, 0.6) is 0 Å². The first-order valence-electron chi connectivity index (χ1n) is 3.63. The van der Waals surface area contributed by atoms with Crippen LogP contribution < -0.4 is 56.5 Å². The van der Waals surface area contributed by atoms with E-state index in [9.17, 15) is 9.90 Å². The van der Waals surface area contributed by atoms with E-state index in [-0.39, 0.29) is 63.2 Å². The summed E-state index contributed by atoms with van der Waals surface area (Å²) in [6, 6.07) is 0. The van der Waals surface area contributed by atoms with Crippen LogP contribution >= 0.6 is 11.6 Å². The molecule has 4 heteroatoms. The van der Waals surface area contributed by atoms with Crippen molar-refractivity contribution in [3.63, 3.8) is 0 Å². The van der Waals surface area contributed by atoms with Gasteiger partial charge in [0.05, 0.1) is 0 Å². The molecule has 64 valence electrons. The number of aliphatic carboxylic acids is 1. The van der Waals surface area contributed by atoms with E-state index in [1.54, 1.807) is 0 Å². The molecule has 0 saturated carbocycles. The number of carbonyl (C=O) groups is 1. The number of carbonyl (C=O) groups excluding carboxylic acids is 1. The van der Waals surface area contributed by atoms with Gasteiger partial charge in [0.2, 0.25) is 0 Å². The van der Waals surface area contributed by atoms with E-state index in [0.29, 0.717) is 6.42 Å². The first-order chi connectivity index (χ1) is 5.13. The van der Waals surface area contributed by atoms with Crippen molar-refractivity contribution in [3.8, 4) is 0 Å². The third-order valence-electron chi connectivity index (χ3n) is 1.15. The Kier molecular flexibility index (Phi) is 13.3. The summed E-state index contributed by atoms with van der Waals surface area (Å²) in [5.41, 5.74) is 0. The molecule has 12 heavy (non-hydrogen) atoms. The third-order valence-corrected chi connectivity index (χ3v) is 1.30. The van der Waals surface area contributed by atoms with Gasteiger partial charge in [-0.15, -0.1) is 11.6 Å². The molecule has 0 rings (SSSR count). The molecule has 0 aliphatic heterocycles. The molecule has 0 radical (unpaired) electrons. The molecule has 0 bridgehead atoms. The minimum absolute atomic E-state index is 0. The van der Waals surface area contributed by atoms with Crippen LogP contribution in [0.2, 0.25) is 0 Å². The molecular weight excluding hydrogens is 203 g/mol. The van der Waals surface area contributed by atoms with Gasteiger partial charge in [0, 0.05) is 11.3 Å². The summed E-state index contributed by atoms with van der Waals surface area (Å²) >= 11 is 5.60. The van der Waals surface area contributed by atoms with Crippen LogP contribution in [0.1, 0.15) is 26.2 Å². The summed E-state index contributed by atoms with van der Waals surface area (Å²) in [7, 11) is 0. The van der Waals surface area contributed by atoms with E-state index in [2.05, 4.69) is 0 Å². The number of hydrogen-bond donors (Lipinski definition) is 0. The average Bonchev–Trinajstić information content (AvgIpc) is 1.85. The number of carboxylic acids is 1. The van der Waals surface area contributed by atoms with Gasteiger partial charge in [0.25, 0.3) is 0 Å². The molecule has 0 saturated heterocycles. The van der Waals surface area contributed by atoms with Crippen LogP contribution in [0.15, 0.2) is 12.2 Å². The Morgan fingerprint density at radius 2 is 2.25 bits per heavy atom. The Morgan fingerprint density at radius 1 is 1.67 bits per heavy atom. The zero-order chi connectivity index (χ0) is 8.69. The van der Waals surface area contributed by atoms with Crippen molar-refractivity contribution < 1.29 is 61.3 Å². The van der Waals surface area contributed by atoms with Gasteiger partial charge in [0.1, 0.15) is 0 Å². The SMILES string of the molecule is CC(Cl)/C=C/CCCC(=O)[O-].[K+]. The van der Waals surface area contributed by atoms with Gasteiger partial charge in [-0.2, -0.15) is 0 Å². The van der Waals surface area contributed by atoms with Crippen molar-refractivity contribution >= 4 is 17.6 Å². The number of rotatable bonds is 5. The quantitative estimate of drug-likeness (QED) is 0.232. The summed E-state index contributed by atoms with van der Waals surface area (Å²) in [5, 5.41) is 9.96. The molecule has 0 aromatic heterocycles. The molecule has 0 aliphatic rings. The number of carboxylic acid groups (broad SMARTS) is 1. The summed E-state index contributed by atoms with van der Waals surface area (Å²) in [5.74, 6) is -0.989. The van der Waals surface area contributed by atoms with Crippen molar-refractivity contribution in [1.29, 1.82) is 0 Å². The zero-order valence-electron chi connectivity index (χ0n) is 7.55. The summed E-state index contributed by atoms with van der Waals surface area (Å²) in [6.07, 6.45) is 5.24. The Labute approximate surface area is 121 Å². The van der Waals surface area contributed by atoms with Crippen molar-refractivity contribution in [2.24, 2.45) is 0 Å². The summed E-state index contributed by atoms with van der Waals surface area (Å²) in [6.45, 7) is 1.86. The van der Waals surface area contributed by atoms with E-state index in [4.69, 9.17) is 11.6 Å². The Balaban J connectivity index is 0. The maximum atomic E-state index is 9.94. The standard InChI is InChI=1S/C8H13ClO2.K/c1-7(9)5-3-2-4-6-8(10)11;/h3,5,7H,2,4,6H2,1H3,(H,10,11);/q;+1/p-1/b5-3+;. The topological polar surface area (TPSA) is 40.1 Å². The predicted molar refractivity (Wildman–Crippen MR) is 43.3 cm³/mol. The summed E-state index contributed by atoms with van der Waals surface area (Å²) < 4.78 is 0. The molecule has 1 atom stereocenters. The second kappa shape index (κ2) is 10.2. The molecule has 0 aliphatic carbocycles. The smallest absolute Gasteiger partial charge is 0.550 e. The van der Waals surface area contributed by atoms with Crippen LogP contribution in [-0.2, 0) is 4.79 Å². The van der Waals surface area contributed by atoms with Gasteiger partial charge in [0.15, 0.2) is 0 Å². The Hall–Kier alpha value is 1.14. The van der Waals surface area contributed by atoms with E-state index >= 15 is 0 Å². The molecular formula is C8H12ClKO2. The van der Waals surface area contributed by atoms with Gasteiger partial charge < -0.3 is 9.90 Å². The Morgan fingerprint density at radius 3 is 2.67 bits per heavy atom. The molecule has 0 N–H and O–H groups in total. The largest absolute Gasteiger partial charge is 1.00 e. The second-order valence-electron chi connectivity index (χ2n) is 2.37. The molecule has 0 spiro atoms. The molecule has 0 heterocycles. The van der Waals surface area contributed by atoms with E-state index in [0.717, 1.165) is 6.42 Å². The number of allylic oxidation sites excluding steroid dienone is 2. The number of unbranched alkanes of at least 4 members (excludes halogenated alkanes) is 1. The predicted octanol–water partition coefficient (Wildman–Crippen LogP) is -1.91. The molecule has 1 unspecified atom stereocenters. The average molecular weight is 215 g/mol. The van der Waals surface area contributed by atoms with Gasteiger partial charge >= 0.3 is 51.4 Å². The third kappa shape index (κ3) is 13.7. The van der Waals surface area contributed by atoms with Crippen LogP contribution in [0.4, 0.5) is 0 Å². The monoisotopic (exact) mass is 214 g/mol. The minimum Gasteiger partial charge on any atom is -0.550 e. The maximum Gasteiger partial charge on any atom is 1.00 e. The maximum absolute atomic E-state index is 9.94. The van der Waals surface area contributed by atoms with Crippen molar-refractivity contribution in [2.75, 3.05) is 0 Å². The molecule has 0 fully saturated rings. The molecule has 0 aromatic rings. The van der Waals surface area contributed by atoms with Gasteiger partial charge in [-0.3, -0.25) is 0 Å². The van der Waals surface area contributed by atoms with Crippen molar-refractivity contribution in [1.82, 2.24) is 0 Å². The molecule has 0 aromatic carbocycles. The fourth-order valence-electron chi connectivity index (χ4n) is 0.648. The van der Waals surface area contributed by atoms with Gasteiger partial charge in [-0.05, 0) is 26.2 Å². The van der Waals surface area contributed by atoms with Crippen LogP contribution in [0, 0.1) is 0 Å². The van der Waals surface area contributed by atoms with Crippen LogP contribution in [0.25, 0.3) is 0 Å². The van der Waals surface area contributed by atoms with Crippen molar-refractivity contribution in [3.05, 3.63) is 12.2 Å². The van der Waals surface area contributed by atoms with E-state index in [1.807, 2.05) is 19.1 Å². The number of hydrogen-bond acceptors (Lipinski definition) is 2. The summed E-state index contributed by atoms with van der Waals surface area (Å²) in [4.78, 5) is 9.94. The number of alkyl halides is 1. The van der Waals surface area contributed by atoms with E-state index < -0.39 is 5.97 Å². The molecule has 0 amide bonds. The number of halogens is 1. The normalized spacial score (nSPS) is 12.5. The van der Waals surface area contributed by atoms with Crippen LogP contribution in [-0.4, -0.2) is 11.3 Å². The second-order valence-corrected chi connectivity index (χ2v) is 3.06. The van der Waals surface area contributed by atoms with Gasteiger partial charge in [-0.1, -0.05) is 12.2 Å². The van der Waals surface area contributed by atoms with Crippen molar-refractivity contribution in [2.45, 2.75) is 31.6 Å². The fourth-order valence-corrected chi connectivity index (χ4v) is 0.751. The van der Waals surface area contributed by atoms with E-state index in [1.165, 1.54) is 0 Å². The van der Waals surface area contributed by atoms with Gasteiger partial charge in [-0.25, -0.2) is 0 Å².